The molecule has 0 aromatic heterocycles. The number of ether oxygens (including phenoxy) is 1. The fourth-order valence-corrected chi connectivity index (χ4v) is 2.53. The molecule has 0 aliphatic rings. The summed E-state index contributed by atoms with van der Waals surface area (Å²) in [5, 5.41) is 3.20. The van der Waals surface area contributed by atoms with E-state index in [4.69, 9.17) is 16.3 Å². The van der Waals surface area contributed by atoms with Crippen LogP contribution in [0.2, 0.25) is 5.02 Å². The molecule has 3 aromatic rings. The maximum atomic E-state index is 13.2. The number of carbonyl (C=O) groups is 1. The molecule has 0 fully saturated rings. The minimum atomic E-state index is -0.349. The molecule has 0 bridgehead atoms. The first-order chi connectivity index (χ1) is 12.1. The van der Waals surface area contributed by atoms with Crippen LogP contribution in [0.3, 0.4) is 0 Å². The first-order valence-electron chi connectivity index (χ1n) is 7.65. The van der Waals surface area contributed by atoms with Gasteiger partial charge in [-0.3, -0.25) is 4.79 Å². The first-order valence-corrected chi connectivity index (χ1v) is 8.03. The smallest absolute Gasteiger partial charge is 0.257 e. The molecule has 126 valence electrons. The van der Waals surface area contributed by atoms with E-state index in [1.165, 1.54) is 12.1 Å². The van der Waals surface area contributed by atoms with E-state index in [0.29, 0.717) is 22.0 Å². The highest BCUT2D eigenvalue weighted by Gasteiger charge is 2.10. The van der Waals surface area contributed by atoms with Crippen LogP contribution in [0.5, 0.6) is 5.75 Å². The summed E-state index contributed by atoms with van der Waals surface area (Å²) in [4.78, 5) is 12.3. The third-order valence-electron chi connectivity index (χ3n) is 3.50. The van der Waals surface area contributed by atoms with Crippen molar-refractivity contribution in [2.45, 2.75) is 6.61 Å². The summed E-state index contributed by atoms with van der Waals surface area (Å²) >= 11 is 6.04. The van der Waals surface area contributed by atoms with Crippen molar-refractivity contribution in [1.29, 1.82) is 0 Å². The summed E-state index contributed by atoms with van der Waals surface area (Å²) in [6, 6.07) is 20.1. The Bertz CT molecular complexity index is 898. The SMILES string of the molecule is O=C(Nc1cccc(COc2cccc(F)c2)c1)c1ccccc1Cl. The third kappa shape index (κ3) is 4.58. The van der Waals surface area contributed by atoms with Crippen LogP contribution in [0.1, 0.15) is 15.9 Å². The van der Waals surface area contributed by atoms with Gasteiger partial charge in [0, 0.05) is 11.8 Å². The Morgan fingerprint density at radius 2 is 1.80 bits per heavy atom. The number of nitrogens with one attached hydrogen (secondary N) is 1. The molecule has 3 nitrogen and oxygen atoms in total. The van der Waals surface area contributed by atoms with Gasteiger partial charge < -0.3 is 10.1 Å². The van der Waals surface area contributed by atoms with Crippen molar-refractivity contribution in [2.75, 3.05) is 5.32 Å². The van der Waals surface area contributed by atoms with Gasteiger partial charge in [0.25, 0.3) is 5.91 Å². The van der Waals surface area contributed by atoms with E-state index in [0.717, 1.165) is 5.56 Å². The molecule has 0 aliphatic carbocycles. The Morgan fingerprint density at radius 1 is 1.00 bits per heavy atom. The number of halogens is 2. The van der Waals surface area contributed by atoms with E-state index in [9.17, 15) is 9.18 Å². The molecule has 0 radical (unpaired) electrons. The third-order valence-corrected chi connectivity index (χ3v) is 3.83. The second kappa shape index (κ2) is 7.81. The van der Waals surface area contributed by atoms with Crippen LogP contribution in [0.4, 0.5) is 10.1 Å². The first kappa shape index (κ1) is 17.0. The Labute approximate surface area is 150 Å². The Hall–Kier alpha value is -2.85. The fourth-order valence-electron chi connectivity index (χ4n) is 2.31. The molecule has 3 rings (SSSR count). The van der Waals surface area contributed by atoms with Crippen LogP contribution >= 0.6 is 11.6 Å². The van der Waals surface area contributed by atoms with Gasteiger partial charge in [0.05, 0.1) is 10.6 Å². The average molecular weight is 356 g/mol. The molecule has 0 aliphatic heterocycles. The summed E-state index contributed by atoms with van der Waals surface area (Å²) < 4.78 is 18.7. The van der Waals surface area contributed by atoms with E-state index >= 15 is 0 Å². The zero-order chi connectivity index (χ0) is 17.6. The highest BCUT2D eigenvalue weighted by molar-refractivity contribution is 6.34. The van der Waals surface area contributed by atoms with Gasteiger partial charge in [0.15, 0.2) is 0 Å². The maximum absolute atomic E-state index is 13.2. The molecule has 0 heterocycles. The van der Waals surface area contributed by atoms with Gasteiger partial charge in [-0.1, -0.05) is 41.9 Å². The Morgan fingerprint density at radius 3 is 2.60 bits per heavy atom. The van der Waals surface area contributed by atoms with Crippen LogP contribution in [0.25, 0.3) is 0 Å². The maximum Gasteiger partial charge on any atom is 0.257 e. The Balaban J connectivity index is 1.67. The van der Waals surface area contributed by atoms with Crippen LogP contribution in [-0.4, -0.2) is 5.91 Å². The molecule has 3 aromatic carbocycles. The summed E-state index contributed by atoms with van der Waals surface area (Å²) in [6.07, 6.45) is 0. The lowest BCUT2D eigenvalue weighted by atomic mass is 10.2. The number of amides is 1. The van der Waals surface area contributed by atoms with E-state index in [1.54, 1.807) is 48.5 Å². The molecule has 0 saturated heterocycles. The fraction of sp³-hybridized carbons (Fsp3) is 0.0500. The second-order valence-corrected chi connectivity index (χ2v) is 5.79. The number of hydrogen-bond donors (Lipinski definition) is 1. The minimum Gasteiger partial charge on any atom is -0.489 e. The van der Waals surface area contributed by atoms with Crippen molar-refractivity contribution in [3.05, 3.63) is 94.8 Å². The van der Waals surface area contributed by atoms with Gasteiger partial charge in [-0.25, -0.2) is 4.39 Å². The zero-order valence-electron chi connectivity index (χ0n) is 13.2. The monoisotopic (exact) mass is 355 g/mol. The van der Waals surface area contributed by atoms with Crippen molar-refractivity contribution in [3.8, 4) is 5.75 Å². The van der Waals surface area contributed by atoms with Crippen LogP contribution in [0, 0.1) is 5.82 Å². The zero-order valence-corrected chi connectivity index (χ0v) is 14.0. The molecule has 0 unspecified atom stereocenters. The second-order valence-electron chi connectivity index (χ2n) is 5.38. The van der Waals surface area contributed by atoms with Crippen molar-refractivity contribution in [3.63, 3.8) is 0 Å². The standard InChI is InChI=1S/C20H15ClFNO2/c21-19-10-2-1-9-18(19)20(24)23-16-7-3-5-14(11-16)13-25-17-8-4-6-15(22)12-17/h1-12H,13H2,(H,23,24). The van der Waals surface area contributed by atoms with Gasteiger partial charge >= 0.3 is 0 Å². The Kier molecular flexibility index (Phi) is 5.31. The van der Waals surface area contributed by atoms with Crippen LogP contribution in [-0.2, 0) is 6.61 Å². The average Bonchev–Trinajstić information content (AvgIpc) is 2.61. The lowest BCUT2D eigenvalue weighted by Crippen LogP contribution is -2.12. The molecule has 0 atom stereocenters. The summed E-state index contributed by atoms with van der Waals surface area (Å²) in [6.45, 7) is 0.263. The van der Waals surface area contributed by atoms with Crippen molar-refractivity contribution in [2.24, 2.45) is 0 Å². The highest BCUT2D eigenvalue weighted by atomic mass is 35.5. The lowest BCUT2D eigenvalue weighted by molar-refractivity contribution is 0.102. The van der Waals surface area contributed by atoms with Gasteiger partial charge in [0.1, 0.15) is 18.2 Å². The summed E-state index contributed by atoms with van der Waals surface area (Å²) in [5.41, 5.74) is 1.89. The van der Waals surface area contributed by atoms with Gasteiger partial charge in [-0.05, 0) is 42.0 Å². The van der Waals surface area contributed by atoms with E-state index < -0.39 is 0 Å². The molecule has 25 heavy (non-hydrogen) atoms. The van der Waals surface area contributed by atoms with Crippen LogP contribution < -0.4 is 10.1 Å². The predicted octanol–water partition coefficient (Wildman–Crippen LogP) is 5.31. The summed E-state index contributed by atoms with van der Waals surface area (Å²) in [5.74, 6) is -0.183. The molecule has 1 N–H and O–H groups in total. The molecule has 5 heteroatoms. The van der Waals surface area contributed by atoms with E-state index in [2.05, 4.69) is 5.32 Å². The van der Waals surface area contributed by atoms with Gasteiger partial charge in [-0.15, -0.1) is 0 Å². The molecule has 1 amide bonds. The number of benzene rings is 3. The van der Waals surface area contributed by atoms with E-state index in [-0.39, 0.29) is 18.3 Å². The molecular formula is C20H15ClFNO2. The van der Waals surface area contributed by atoms with Crippen molar-refractivity contribution >= 4 is 23.2 Å². The largest absolute Gasteiger partial charge is 0.489 e. The quantitative estimate of drug-likeness (QED) is 0.673. The number of rotatable bonds is 5. The number of hydrogen-bond acceptors (Lipinski definition) is 2. The molecule has 0 saturated carbocycles. The van der Waals surface area contributed by atoms with Crippen molar-refractivity contribution in [1.82, 2.24) is 0 Å². The highest BCUT2D eigenvalue weighted by Crippen LogP contribution is 2.19. The van der Waals surface area contributed by atoms with Crippen molar-refractivity contribution < 1.29 is 13.9 Å². The van der Waals surface area contributed by atoms with Gasteiger partial charge in [-0.2, -0.15) is 0 Å². The van der Waals surface area contributed by atoms with Gasteiger partial charge in [0.2, 0.25) is 0 Å². The normalized spacial score (nSPS) is 10.3. The number of anilines is 1. The predicted molar refractivity (Wildman–Crippen MR) is 96.6 cm³/mol. The molecule has 0 spiro atoms. The topological polar surface area (TPSA) is 38.3 Å². The lowest BCUT2D eigenvalue weighted by Gasteiger charge is -2.10. The van der Waals surface area contributed by atoms with E-state index in [1.807, 2.05) is 12.1 Å². The molecular weight excluding hydrogens is 341 g/mol. The number of carbonyl (C=O) groups excluding carboxylic acids is 1. The minimum absolute atomic E-state index is 0.263. The summed E-state index contributed by atoms with van der Waals surface area (Å²) in [7, 11) is 0. The van der Waals surface area contributed by atoms with Crippen LogP contribution in [0.15, 0.2) is 72.8 Å².